The number of hydrogen-bond acceptors (Lipinski definition) is 15. The molecule has 1 N–H and O–H groups in total. The highest BCUT2D eigenvalue weighted by Crippen LogP contribution is 2.17. The Morgan fingerprint density at radius 3 is 1.53 bits per heavy atom. The van der Waals surface area contributed by atoms with Crippen molar-refractivity contribution in [2.24, 2.45) is 5.92 Å². The van der Waals surface area contributed by atoms with Crippen LogP contribution in [0.25, 0.3) is 0 Å². The van der Waals surface area contributed by atoms with Gasteiger partial charge in [0, 0.05) is 19.3 Å². The van der Waals surface area contributed by atoms with Gasteiger partial charge in [-0.25, -0.2) is 14.6 Å². The van der Waals surface area contributed by atoms with Gasteiger partial charge in [0.2, 0.25) is 0 Å². The number of benzene rings is 3. The highest BCUT2D eigenvalue weighted by Gasteiger charge is 2.32. The van der Waals surface area contributed by atoms with Gasteiger partial charge in [-0.2, -0.15) is 0 Å². The number of carbonyl (C=O) groups is 8. The van der Waals surface area contributed by atoms with E-state index in [0.717, 1.165) is 16.7 Å². The predicted octanol–water partition coefficient (Wildman–Crippen LogP) is 6.30. The molecule has 16 nitrogen and oxygen atoms in total. The minimum absolute atomic E-state index is 0.00227. The maximum Gasteiger partial charge on any atom is 0.345 e. The Kier molecular flexibility index (Phi) is 27.7. The second-order valence-corrected chi connectivity index (χ2v) is 13.7. The molecule has 0 fully saturated rings. The summed E-state index contributed by atoms with van der Waals surface area (Å²) < 4.78 is 24.6. The average molecular weight is 913 g/mol. The van der Waals surface area contributed by atoms with Crippen molar-refractivity contribution in [2.75, 3.05) is 33.0 Å². The maximum absolute atomic E-state index is 11.9. The highest BCUT2D eigenvalue weighted by molar-refractivity contribution is 6.17. The minimum Gasteiger partial charge on any atom is -0.497 e. The third kappa shape index (κ3) is 21.8. The molecule has 4 aromatic rings. The van der Waals surface area contributed by atoms with Crippen LogP contribution >= 0.6 is 0 Å². The standard InChI is InChI=1S/C16H20O4.C14H14N2O3.C14H16O4.C6H10O3/c1-4-19-14(11-13-9-7-6-8-10-13)15(12(3)17)16(18)20-5-2;1-2-19-14(18)12-11(15-9-16-13(12)17)8-10-6-4-3-5-7-10;1-3-18-14(17)13(10(2)15)12(16)9-11-7-5-4-6-8-11;1-3-9-6(8)4-5(2)7/h6-10H,4-5,11H2,1-3H3;3-7,9H,2,8H2,1H3,(H,15,16,17);4-8,13H,3,9H2,1-2H3;3-4H2,1-2H3/b15-14-;;;. The van der Waals surface area contributed by atoms with Gasteiger partial charge in [0.05, 0.1) is 45.1 Å². The molecule has 0 aliphatic carbocycles. The second-order valence-electron chi connectivity index (χ2n) is 13.7. The molecular formula is C50H60N2O14. The summed E-state index contributed by atoms with van der Waals surface area (Å²) in [6.07, 6.45) is 2.06. The van der Waals surface area contributed by atoms with E-state index in [4.69, 9.17) is 18.9 Å². The fraction of sp³-hybridized carbons (Fsp3) is 0.360. The molecule has 0 saturated heterocycles. The number of nitrogens with one attached hydrogen (secondary N) is 1. The quantitative estimate of drug-likeness (QED) is 0.0256. The molecule has 1 unspecified atom stereocenters. The van der Waals surface area contributed by atoms with Crippen molar-refractivity contribution in [3.63, 3.8) is 0 Å². The molecule has 1 atom stereocenters. The van der Waals surface area contributed by atoms with E-state index >= 15 is 0 Å². The molecule has 0 aliphatic heterocycles. The molecule has 1 heterocycles. The van der Waals surface area contributed by atoms with Crippen molar-refractivity contribution in [3.05, 3.63) is 147 Å². The first kappa shape index (κ1) is 56.7. The number of ether oxygens (including phenoxy) is 5. The zero-order valence-corrected chi connectivity index (χ0v) is 38.8. The molecule has 0 radical (unpaired) electrons. The van der Waals surface area contributed by atoms with Crippen molar-refractivity contribution in [3.8, 4) is 0 Å². The van der Waals surface area contributed by atoms with E-state index in [1.54, 1.807) is 52.0 Å². The lowest BCUT2D eigenvalue weighted by atomic mass is 9.95. The fourth-order valence-corrected chi connectivity index (χ4v) is 5.66. The molecule has 3 aromatic carbocycles. The van der Waals surface area contributed by atoms with E-state index in [-0.39, 0.29) is 55.4 Å². The van der Waals surface area contributed by atoms with Crippen molar-refractivity contribution >= 4 is 47.0 Å². The summed E-state index contributed by atoms with van der Waals surface area (Å²) in [5.41, 5.74) is 2.65. The predicted molar refractivity (Wildman–Crippen MR) is 244 cm³/mol. The van der Waals surface area contributed by atoms with E-state index in [2.05, 4.69) is 14.7 Å². The monoisotopic (exact) mass is 912 g/mol. The average Bonchev–Trinajstić information content (AvgIpc) is 3.25. The van der Waals surface area contributed by atoms with Crippen LogP contribution in [0.5, 0.6) is 0 Å². The number of hydrogen-bond donors (Lipinski definition) is 1. The van der Waals surface area contributed by atoms with Crippen LogP contribution in [0.4, 0.5) is 0 Å². The van der Waals surface area contributed by atoms with Crippen LogP contribution in [-0.2, 0) is 76.5 Å². The zero-order chi connectivity index (χ0) is 49.4. The second kappa shape index (κ2) is 32.3. The van der Waals surface area contributed by atoms with Crippen molar-refractivity contribution in [1.82, 2.24) is 9.97 Å². The number of nitrogens with zero attached hydrogens (tertiary/aromatic N) is 1. The van der Waals surface area contributed by atoms with E-state index < -0.39 is 46.9 Å². The first-order valence-corrected chi connectivity index (χ1v) is 21.3. The third-order valence-electron chi connectivity index (χ3n) is 8.43. The van der Waals surface area contributed by atoms with Crippen LogP contribution in [0.15, 0.2) is 113 Å². The van der Waals surface area contributed by atoms with E-state index in [9.17, 15) is 43.2 Å². The normalized spacial score (nSPS) is 10.8. The van der Waals surface area contributed by atoms with Crippen LogP contribution in [0.1, 0.15) is 94.6 Å². The minimum atomic E-state index is -1.30. The first-order chi connectivity index (χ1) is 31.5. The topological polar surface area (TPSA) is 228 Å². The number of H-pyrrole nitrogens is 1. The van der Waals surface area contributed by atoms with Crippen LogP contribution in [-0.4, -0.2) is 90.0 Å². The van der Waals surface area contributed by atoms with Crippen molar-refractivity contribution in [1.29, 1.82) is 0 Å². The molecule has 1 aromatic heterocycles. The lowest BCUT2D eigenvalue weighted by Gasteiger charge is -2.13. The van der Waals surface area contributed by atoms with Gasteiger partial charge < -0.3 is 28.7 Å². The summed E-state index contributed by atoms with van der Waals surface area (Å²) in [7, 11) is 0. The Balaban J connectivity index is 0.000000454. The van der Waals surface area contributed by atoms with Gasteiger partial charge in [-0.1, -0.05) is 91.0 Å². The number of aromatic amines is 1. The molecule has 0 amide bonds. The van der Waals surface area contributed by atoms with Gasteiger partial charge in [0.25, 0.3) is 5.56 Å². The van der Waals surface area contributed by atoms with Crippen molar-refractivity contribution < 1.29 is 62.0 Å². The summed E-state index contributed by atoms with van der Waals surface area (Å²) in [6.45, 7) is 13.8. The van der Waals surface area contributed by atoms with Crippen molar-refractivity contribution in [2.45, 2.75) is 81.1 Å². The molecule has 354 valence electrons. The SMILES string of the molecule is CCOC(=O)/C(C(C)=O)=C(/Cc1ccccc1)OCC.CCOC(=O)C(C(C)=O)C(=O)Cc1ccccc1.CCOC(=O)CC(C)=O.CCOC(=O)c1c(Cc2ccccc2)nc[nH]c1=O. The van der Waals surface area contributed by atoms with Gasteiger partial charge in [0.1, 0.15) is 29.1 Å². The molecular weight excluding hydrogens is 853 g/mol. The fourth-order valence-electron chi connectivity index (χ4n) is 5.66. The summed E-state index contributed by atoms with van der Waals surface area (Å²) in [6, 6.07) is 28.1. The number of ketones is 4. The number of carbonyl (C=O) groups excluding carboxylic acids is 8. The molecule has 16 heteroatoms. The van der Waals surface area contributed by atoms with E-state index in [0.29, 0.717) is 37.5 Å². The third-order valence-corrected chi connectivity index (χ3v) is 8.43. The van der Waals surface area contributed by atoms with Gasteiger partial charge >= 0.3 is 23.9 Å². The van der Waals surface area contributed by atoms with E-state index in [1.807, 2.05) is 73.7 Å². The lowest BCUT2D eigenvalue weighted by molar-refractivity contribution is -0.154. The largest absolute Gasteiger partial charge is 0.497 e. The van der Waals surface area contributed by atoms with E-state index in [1.165, 1.54) is 27.1 Å². The molecule has 0 aliphatic rings. The van der Waals surface area contributed by atoms with Gasteiger partial charge in [-0.15, -0.1) is 0 Å². The highest BCUT2D eigenvalue weighted by atomic mass is 16.5. The van der Waals surface area contributed by atoms with Crippen LogP contribution < -0.4 is 5.56 Å². The number of aromatic nitrogens is 2. The number of esters is 4. The first-order valence-electron chi connectivity index (χ1n) is 21.3. The molecule has 0 saturated carbocycles. The van der Waals surface area contributed by atoms with Gasteiger partial charge in [-0.05, 0) is 72.1 Å². The Morgan fingerprint density at radius 1 is 0.591 bits per heavy atom. The zero-order valence-electron chi connectivity index (χ0n) is 38.8. The Bertz CT molecular complexity index is 2270. The molecule has 0 spiro atoms. The Hall–Kier alpha value is -7.36. The van der Waals surface area contributed by atoms with Crippen LogP contribution in [0.3, 0.4) is 0 Å². The summed E-state index contributed by atoms with van der Waals surface area (Å²) in [5.74, 6) is -4.80. The maximum atomic E-state index is 11.9. The summed E-state index contributed by atoms with van der Waals surface area (Å²) >= 11 is 0. The molecule has 0 bridgehead atoms. The lowest BCUT2D eigenvalue weighted by Crippen LogP contribution is -2.33. The smallest absolute Gasteiger partial charge is 0.345 e. The summed E-state index contributed by atoms with van der Waals surface area (Å²) in [5, 5.41) is 0. The summed E-state index contributed by atoms with van der Waals surface area (Å²) in [4.78, 5) is 109. The number of Topliss-reactive ketones (excluding diaryl/α,β-unsaturated/α-hetero) is 4. The number of rotatable bonds is 20. The van der Waals surface area contributed by atoms with Crippen LogP contribution in [0.2, 0.25) is 0 Å². The Morgan fingerprint density at radius 2 is 1.08 bits per heavy atom. The Labute approximate surface area is 385 Å². The van der Waals surface area contributed by atoms with Gasteiger partial charge in [-0.3, -0.25) is 33.6 Å². The van der Waals surface area contributed by atoms with Gasteiger partial charge in [0.15, 0.2) is 23.3 Å². The van der Waals surface area contributed by atoms with Crippen LogP contribution in [0, 0.1) is 5.92 Å². The molecule has 66 heavy (non-hydrogen) atoms. The molecule has 4 rings (SSSR count). The number of allylic oxidation sites excluding steroid dienone is 1.